The number of nitrogens with zero attached hydrogens (tertiary/aromatic N) is 2. The zero-order valence-electron chi connectivity index (χ0n) is 25.2. The average molecular weight is 663 g/mol. The lowest BCUT2D eigenvalue weighted by Gasteiger charge is -2.28. The molecule has 1 fully saturated rings. The van der Waals surface area contributed by atoms with Crippen molar-refractivity contribution in [3.05, 3.63) is 112 Å². The molecule has 0 radical (unpaired) electrons. The maximum Gasteiger partial charge on any atom is 0.432 e. The molecule has 1 aromatic heterocycles. The third-order valence-electron chi connectivity index (χ3n) is 8.49. The van der Waals surface area contributed by atoms with Gasteiger partial charge in [-0.25, -0.2) is 36.3 Å². The number of halogens is 8. The summed E-state index contributed by atoms with van der Waals surface area (Å²) in [6.45, 7) is 2.19. The van der Waals surface area contributed by atoms with E-state index < -0.39 is 69.2 Å². The lowest BCUT2D eigenvalue weighted by Crippen LogP contribution is -2.25. The number of rotatable bonds is 11. The lowest BCUT2D eigenvalue weighted by atomic mass is 9.77. The second kappa shape index (κ2) is 14.2. The van der Waals surface area contributed by atoms with Crippen LogP contribution in [-0.2, 0) is 6.11 Å². The van der Waals surface area contributed by atoms with Crippen LogP contribution in [0.5, 0.6) is 5.75 Å². The molecule has 1 aliphatic carbocycles. The zero-order valence-corrected chi connectivity index (χ0v) is 25.2. The topological polar surface area (TPSA) is 52.1 Å². The Balaban J connectivity index is 1.28. The number of ketones is 1. The summed E-state index contributed by atoms with van der Waals surface area (Å²) < 4.78 is 118. The van der Waals surface area contributed by atoms with E-state index in [2.05, 4.69) is 21.6 Å². The van der Waals surface area contributed by atoms with Crippen LogP contribution in [-0.4, -0.2) is 15.8 Å². The standard InChI is InChI=1S/C35H30F8N2O2/c1-2-3-4-5-19-6-8-20(9-7-19)23-17-44-34(45-18-23)33(46)21-10-11-25(26(36)12-21)22-13-27(37)31(28(38)14-22)35(42,43)47-24-15-29(39)32(41)30(40)16-24/h10-20H,2-9H2,1H3. The Labute approximate surface area is 265 Å². The van der Waals surface area contributed by atoms with E-state index in [1.54, 1.807) is 12.4 Å². The van der Waals surface area contributed by atoms with Gasteiger partial charge < -0.3 is 4.74 Å². The molecule has 3 aromatic carbocycles. The summed E-state index contributed by atoms with van der Waals surface area (Å²) in [5, 5.41) is 0. The maximum absolute atomic E-state index is 15.1. The molecule has 4 aromatic rings. The molecule has 4 nitrogen and oxygen atoms in total. The highest BCUT2D eigenvalue weighted by molar-refractivity contribution is 6.06. The van der Waals surface area contributed by atoms with Crippen LogP contribution in [0.4, 0.5) is 35.1 Å². The molecule has 248 valence electrons. The molecule has 1 saturated carbocycles. The molecule has 0 saturated heterocycles. The van der Waals surface area contributed by atoms with Crippen molar-refractivity contribution in [2.45, 2.75) is 70.3 Å². The van der Waals surface area contributed by atoms with Crippen LogP contribution in [0.3, 0.4) is 0 Å². The maximum atomic E-state index is 15.1. The van der Waals surface area contributed by atoms with Crippen molar-refractivity contribution >= 4 is 5.78 Å². The van der Waals surface area contributed by atoms with Gasteiger partial charge in [0.15, 0.2) is 17.5 Å². The number of carbonyl (C=O) groups is 1. The van der Waals surface area contributed by atoms with Gasteiger partial charge in [0, 0.05) is 35.7 Å². The van der Waals surface area contributed by atoms with Crippen molar-refractivity contribution in [2.75, 3.05) is 0 Å². The van der Waals surface area contributed by atoms with Crippen LogP contribution in [0.15, 0.2) is 54.9 Å². The first-order valence-electron chi connectivity index (χ1n) is 15.2. The highest BCUT2D eigenvalue weighted by atomic mass is 19.3. The molecular weight excluding hydrogens is 632 g/mol. The Morgan fingerprint density at radius 1 is 0.809 bits per heavy atom. The van der Waals surface area contributed by atoms with Gasteiger partial charge in [0.25, 0.3) is 0 Å². The molecule has 0 aliphatic heterocycles. The molecule has 0 atom stereocenters. The molecule has 0 bridgehead atoms. The lowest BCUT2D eigenvalue weighted by molar-refractivity contribution is -0.189. The predicted molar refractivity (Wildman–Crippen MR) is 157 cm³/mol. The number of benzene rings is 3. The second-order valence-corrected chi connectivity index (χ2v) is 11.7. The first-order valence-corrected chi connectivity index (χ1v) is 15.2. The number of alkyl halides is 2. The van der Waals surface area contributed by atoms with Crippen LogP contribution in [0.2, 0.25) is 0 Å². The summed E-state index contributed by atoms with van der Waals surface area (Å²) in [4.78, 5) is 21.4. The molecule has 5 rings (SSSR count). The first-order chi connectivity index (χ1) is 22.4. The summed E-state index contributed by atoms with van der Waals surface area (Å²) in [5.41, 5.74) is -2.06. The van der Waals surface area contributed by atoms with E-state index in [0.29, 0.717) is 18.1 Å². The minimum Gasteiger partial charge on any atom is -0.429 e. The summed E-state index contributed by atoms with van der Waals surface area (Å²) >= 11 is 0. The van der Waals surface area contributed by atoms with E-state index in [4.69, 9.17) is 0 Å². The largest absolute Gasteiger partial charge is 0.432 e. The van der Waals surface area contributed by atoms with Crippen molar-refractivity contribution < 1.29 is 44.7 Å². The van der Waals surface area contributed by atoms with Gasteiger partial charge in [0.2, 0.25) is 11.6 Å². The van der Waals surface area contributed by atoms with Gasteiger partial charge in [0.1, 0.15) is 28.8 Å². The Kier molecular flexibility index (Phi) is 10.3. The molecular formula is C35H30F8N2O2. The van der Waals surface area contributed by atoms with Gasteiger partial charge in [-0.15, -0.1) is 0 Å². The number of hydrogen-bond acceptors (Lipinski definition) is 4. The minimum atomic E-state index is -4.80. The SMILES string of the molecule is CCCCCC1CCC(c2cnc(C(=O)c3ccc(-c4cc(F)c(C(F)(F)Oc5cc(F)c(F)c(F)c5)c(F)c4)c(F)c3)nc2)CC1. The van der Waals surface area contributed by atoms with E-state index in [0.717, 1.165) is 49.3 Å². The molecule has 0 N–H and O–H groups in total. The van der Waals surface area contributed by atoms with Crippen molar-refractivity contribution in [1.29, 1.82) is 0 Å². The highest BCUT2D eigenvalue weighted by Gasteiger charge is 2.41. The Morgan fingerprint density at radius 2 is 1.43 bits per heavy atom. The Bertz CT molecular complexity index is 1710. The Hall–Kier alpha value is -4.35. The van der Waals surface area contributed by atoms with E-state index >= 15 is 4.39 Å². The summed E-state index contributed by atoms with van der Waals surface area (Å²) in [7, 11) is 0. The summed E-state index contributed by atoms with van der Waals surface area (Å²) in [5.74, 6) is -11.6. The van der Waals surface area contributed by atoms with Crippen molar-refractivity contribution in [3.8, 4) is 16.9 Å². The van der Waals surface area contributed by atoms with Gasteiger partial charge in [-0.2, -0.15) is 8.78 Å². The zero-order chi connectivity index (χ0) is 33.9. The normalized spacial score (nSPS) is 16.7. The summed E-state index contributed by atoms with van der Waals surface area (Å²) in [6, 6.07) is 4.00. The number of aromatic nitrogens is 2. The summed E-state index contributed by atoms with van der Waals surface area (Å²) in [6.07, 6.45) is 7.61. The third kappa shape index (κ3) is 7.63. The molecule has 1 heterocycles. The molecule has 0 spiro atoms. The van der Waals surface area contributed by atoms with Crippen molar-refractivity contribution in [1.82, 2.24) is 9.97 Å². The quantitative estimate of drug-likeness (QED) is 0.0694. The number of unbranched alkanes of at least 4 members (excludes halogenated alkanes) is 2. The van der Waals surface area contributed by atoms with Crippen molar-refractivity contribution in [2.24, 2.45) is 5.92 Å². The molecule has 0 unspecified atom stereocenters. The monoisotopic (exact) mass is 662 g/mol. The molecule has 12 heteroatoms. The van der Waals surface area contributed by atoms with Crippen LogP contribution in [0.1, 0.15) is 91.5 Å². The fourth-order valence-corrected chi connectivity index (χ4v) is 5.95. The molecule has 1 aliphatic rings. The molecule has 47 heavy (non-hydrogen) atoms. The predicted octanol–water partition coefficient (Wildman–Crippen LogP) is 10.2. The van der Waals surface area contributed by atoms with Crippen LogP contribution in [0.25, 0.3) is 11.1 Å². The van der Waals surface area contributed by atoms with Gasteiger partial charge in [-0.3, -0.25) is 4.79 Å². The van der Waals surface area contributed by atoms with Crippen molar-refractivity contribution in [3.63, 3.8) is 0 Å². The fourth-order valence-electron chi connectivity index (χ4n) is 5.95. The third-order valence-corrected chi connectivity index (χ3v) is 8.49. The number of carbonyl (C=O) groups excluding carboxylic acids is 1. The van der Waals surface area contributed by atoms with Gasteiger partial charge in [0.05, 0.1) is 0 Å². The fraction of sp³-hybridized carbons (Fsp3) is 0.343. The van der Waals surface area contributed by atoms with Crippen LogP contribution < -0.4 is 4.74 Å². The van der Waals surface area contributed by atoms with Gasteiger partial charge in [-0.05, 0) is 66.8 Å². The van der Waals surface area contributed by atoms with Gasteiger partial charge in [-0.1, -0.05) is 44.7 Å². The Morgan fingerprint density at radius 3 is 2.00 bits per heavy atom. The number of ether oxygens (including phenoxy) is 1. The van der Waals surface area contributed by atoms with E-state index in [1.807, 2.05) is 0 Å². The van der Waals surface area contributed by atoms with E-state index in [-0.39, 0.29) is 23.5 Å². The van der Waals surface area contributed by atoms with E-state index in [9.17, 15) is 35.5 Å². The van der Waals surface area contributed by atoms with Crippen LogP contribution in [0, 0.1) is 40.8 Å². The minimum absolute atomic E-state index is 0.0783. The first kappa shape index (κ1) is 34.0. The van der Waals surface area contributed by atoms with E-state index in [1.165, 1.54) is 31.7 Å². The average Bonchev–Trinajstić information content (AvgIpc) is 3.03. The highest BCUT2D eigenvalue weighted by Crippen LogP contribution is 2.39. The van der Waals surface area contributed by atoms with Crippen LogP contribution >= 0.6 is 0 Å². The molecule has 0 amide bonds. The number of hydrogen-bond donors (Lipinski definition) is 0. The van der Waals surface area contributed by atoms with Gasteiger partial charge >= 0.3 is 6.11 Å². The second-order valence-electron chi connectivity index (χ2n) is 11.7. The smallest absolute Gasteiger partial charge is 0.429 e.